The van der Waals surface area contributed by atoms with E-state index in [4.69, 9.17) is 11.6 Å². The molecule has 2 aromatic rings. The number of hydrogen-bond acceptors (Lipinski definition) is 4. The number of benzene rings is 1. The van der Waals surface area contributed by atoms with Gasteiger partial charge in [0.1, 0.15) is 11.9 Å². The summed E-state index contributed by atoms with van der Waals surface area (Å²) in [6.07, 6.45) is 2.73. The van der Waals surface area contributed by atoms with Crippen LogP contribution in [0.3, 0.4) is 0 Å². The van der Waals surface area contributed by atoms with Gasteiger partial charge in [0.2, 0.25) is 0 Å². The molecule has 0 saturated carbocycles. The van der Waals surface area contributed by atoms with Gasteiger partial charge in [0.15, 0.2) is 0 Å². The molecule has 0 unspecified atom stereocenters. The van der Waals surface area contributed by atoms with E-state index in [1.807, 2.05) is 18.2 Å². The highest BCUT2D eigenvalue weighted by atomic mass is 35.5. The van der Waals surface area contributed by atoms with Crippen molar-refractivity contribution in [1.29, 1.82) is 0 Å². The molecule has 0 amide bonds. The van der Waals surface area contributed by atoms with Gasteiger partial charge in [0.05, 0.1) is 4.92 Å². The summed E-state index contributed by atoms with van der Waals surface area (Å²) in [7, 11) is 0. The van der Waals surface area contributed by atoms with Gasteiger partial charge < -0.3 is 5.32 Å². The second kappa shape index (κ2) is 5.46. The summed E-state index contributed by atoms with van der Waals surface area (Å²) in [5, 5.41) is 14.4. The predicted octanol–water partition coefficient (Wildman–Crippen LogP) is 3.26. The maximum Gasteiger partial charge on any atom is 0.310 e. The highest BCUT2D eigenvalue weighted by Crippen LogP contribution is 2.22. The van der Waals surface area contributed by atoms with Crippen molar-refractivity contribution in [3.05, 3.63) is 63.4 Å². The molecule has 0 aliphatic carbocycles. The predicted molar refractivity (Wildman–Crippen MR) is 69.7 cm³/mol. The number of nitrogens with zero attached hydrogens (tertiary/aromatic N) is 2. The Hall–Kier alpha value is -2.14. The van der Waals surface area contributed by atoms with E-state index in [1.165, 1.54) is 12.4 Å². The lowest BCUT2D eigenvalue weighted by Gasteiger charge is -2.06. The molecule has 0 radical (unpaired) electrons. The van der Waals surface area contributed by atoms with Gasteiger partial charge >= 0.3 is 5.69 Å². The minimum absolute atomic E-state index is 0.0421. The number of pyridine rings is 1. The first kappa shape index (κ1) is 12.3. The zero-order valence-corrected chi connectivity index (χ0v) is 10.1. The Morgan fingerprint density at radius 2 is 2.22 bits per heavy atom. The fourth-order valence-electron chi connectivity index (χ4n) is 1.53. The third-order valence-electron chi connectivity index (χ3n) is 2.37. The topological polar surface area (TPSA) is 68.1 Å². The largest absolute Gasteiger partial charge is 0.375 e. The van der Waals surface area contributed by atoms with Crippen LogP contribution in [0.5, 0.6) is 0 Å². The molecular weight excluding hydrogens is 254 g/mol. The molecule has 1 N–H and O–H groups in total. The second-order valence-corrected chi connectivity index (χ2v) is 4.07. The van der Waals surface area contributed by atoms with Crippen molar-refractivity contribution in [2.24, 2.45) is 0 Å². The summed E-state index contributed by atoms with van der Waals surface area (Å²) in [5.41, 5.74) is 1.35. The Morgan fingerprint density at radius 1 is 1.39 bits per heavy atom. The third-order valence-corrected chi connectivity index (χ3v) is 2.60. The van der Waals surface area contributed by atoms with Crippen molar-refractivity contribution in [1.82, 2.24) is 4.98 Å². The highest BCUT2D eigenvalue weighted by molar-refractivity contribution is 6.30. The van der Waals surface area contributed by atoms with Crippen LogP contribution in [-0.4, -0.2) is 9.91 Å². The number of hydrogen-bond donors (Lipinski definition) is 1. The van der Waals surface area contributed by atoms with Gasteiger partial charge in [0, 0.05) is 17.8 Å². The number of nitro groups is 1. The van der Waals surface area contributed by atoms with Gasteiger partial charge in [-0.1, -0.05) is 23.7 Å². The van der Waals surface area contributed by atoms with Crippen LogP contribution < -0.4 is 5.32 Å². The number of halogens is 1. The van der Waals surface area contributed by atoms with Crippen molar-refractivity contribution in [2.45, 2.75) is 6.54 Å². The summed E-state index contributed by atoms with van der Waals surface area (Å²) >= 11 is 5.86. The first-order valence-electron chi connectivity index (χ1n) is 5.23. The van der Waals surface area contributed by atoms with Gasteiger partial charge in [0.25, 0.3) is 0 Å². The van der Waals surface area contributed by atoms with Gasteiger partial charge in [-0.3, -0.25) is 15.1 Å². The molecule has 6 heteroatoms. The van der Waals surface area contributed by atoms with Gasteiger partial charge in [-0.15, -0.1) is 0 Å². The lowest BCUT2D eigenvalue weighted by Crippen LogP contribution is -2.02. The zero-order chi connectivity index (χ0) is 13.0. The number of rotatable bonds is 4. The molecule has 0 bridgehead atoms. The van der Waals surface area contributed by atoms with E-state index in [9.17, 15) is 10.1 Å². The number of nitrogens with one attached hydrogen (secondary N) is 1. The van der Waals surface area contributed by atoms with Crippen LogP contribution >= 0.6 is 11.6 Å². The van der Waals surface area contributed by atoms with Crippen LogP contribution in [0.1, 0.15) is 5.56 Å². The lowest BCUT2D eigenvalue weighted by molar-refractivity contribution is -0.384. The Balaban J connectivity index is 2.13. The Bertz CT molecular complexity index is 575. The van der Waals surface area contributed by atoms with Gasteiger partial charge in [-0.05, 0) is 23.8 Å². The molecule has 0 atom stereocenters. The summed E-state index contributed by atoms with van der Waals surface area (Å²) in [4.78, 5) is 14.1. The average molecular weight is 264 g/mol. The zero-order valence-electron chi connectivity index (χ0n) is 9.34. The van der Waals surface area contributed by atoms with Crippen molar-refractivity contribution in [3.8, 4) is 0 Å². The Morgan fingerprint density at radius 3 is 2.94 bits per heavy atom. The average Bonchev–Trinajstić information content (AvgIpc) is 2.37. The smallest absolute Gasteiger partial charge is 0.310 e. The lowest BCUT2D eigenvalue weighted by atomic mass is 10.2. The molecule has 0 fully saturated rings. The summed E-state index contributed by atoms with van der Waals surface area (Å²) in [5.74, 6) is 0. The molecule has 1 aromatic heterocycles. The first-order chi connectivity index (χ1) is 8.66. The van der Waals surface area contributed by atoms with Crippen molar-refractivity contribution in [2.75, 3.05) is 5.32 Å². The van der Waals surface area contributed by atoms with Crippen molar-refractivity contribution < 1.29 is 4.92 Å². The van der Waals surface area contributed by atoms with E-state index in [0.29, 0.717) is 17.3 Å². The van der Waals surface area contributed by atoms with Crippen molar-refractivity contribution in [3.63, 3.8) is 0 Å². The summed E-state index contributed by atoms with van der Waals surface area (Å²) in [6, 6.07) is 8.89. The van der Waals surface area contributed by atoms with E-state index in [2.05, 4.69) is 10.3 Å². The standard InChI is InChI=1S/C12H10ClN3O2/c13-10-3-1-2-9(6-10)7-15-11-4-5-14-8-12(11)16(17)18/h1-6,8H,7H2,(H,14,15). The van der Waals surface area contributed by atoms with E-state index >= 15 is 0 Å². The number of aromatic nitrogens is 1. The Kier molecular flexibility index (Phi) is 3.74. The normalized spacial score (nSPS) is 10.1. The number of anilines is 1. The quantitative estimate of drug-likeness (QED) is 0.679. The monoisotopic (exact) mass is 263 g/mol. The fraction of sp³-hybridized carbons (Fsp3) is 0.0833. The first-order valence-corrected chi connectivity index (χ1v) is 5.61. The van der Waals surface area contributed by atoms with Gasteiger partial charge in [-0.25, -0.2) is 0 Å². The molecule has 0 spiro atoms. The molecule has 1 aromatic carbocycles. The molecular formula is C12H10ClN3O2. The summed E-state index contributed by atoms with van der Waals surface area (Å²) < 4.78 is 0. The van der Waals surface area contributed by atoms with Crippen molar-refractivity contribution >= 4 is 23.0 Å². The fourth-order valence-corrected chi connectivity index (χ4v) is 1.74. The van der Waals surface area contributed by atoms with Crippen LogP contribution in [0.15, 0.2) is 42.7 Å². The van der Waals surface area contributed by atoms with E-state index in [1.54, 1.807) is 12.1 Å². The Labute approximate surface area is 109 Å². The maximum absolute atomic E-state index is 10.8. The molecule has 0 aliphatic heterocycles. The molecule has 5 nitrogen and oxygen atoms in total. The van der Waals surface area contributed by atoms with Crippen LogP contribution in [0.4, 0.5) is 11.4 Å². The molecule has 0 aliphatic rings. The maximum atomic E-state index is 10.8. The minimum atomic E-state index is -0.465. The minimum Gasteiger partial charge on any atom is -0.375 e. The van der Waals surface area contributed by atoms with E-state index in [0.717, 1.165) is 5.56 Å². The summed E-state index contributed by atoms with van der Waals surface area (Å²) in [6.45, 7) is 0.464. The van der Waals surface area contributed by atoms with Gasteiger partial charge in [-0.2, -0.15) is 0 Å². The second-order valence-electron chi connectivity index (χ2n) is 3.63. The molecule has 92 valence electrons. The third kappa shape index (κ3) is 2.95. The molecule has 0 saturated heterocycles. The molecule has 18 heavy (non-hydrogen) atoms. The van der Waals surface area contributed by atoms with Crippen LogP contribution in [0.25, 0.3) is 0 Å². The van der Waals surface area contributed by atoms with Crippen LogP contribution in [0.2, 0.25) is 5.02 Å². The molecule has 1 heterocycles. The van der Waals surface area contributed by atoms with Crippen LogP contribution in [0, 0.1) is 10.1 Å². The van der Waals surface area contributed by atoms with E-state index in [-0.39, 0.29) is 5.69 Å². The molecule has 2 rings (SSSR count). The highest BCUT2D eigenvalue weighted by Gasteiger charge is 2.12. The van der Waals surface area contributed by atoms with Crippen LogP contribution in [-0.2, 0) is 6.54 Å². The SMILES string of the molecule is O=[N+]([O-])c1cnccc1NCc1cccc(Cl)c1. The van der Waals surface area contributed by atoms with E-state index < -0.39 is 4.92 Å².